The normalized spacial score (nSPS) is 13.6. The zero-order valence-electron chi connectivity index (χ0n) is 10.6. The largest absolute Gasteiger partial charge is 0.342 e. The standard InChI is InChI=1S/C15H15ClN2O/c1-15(11-16,13-5-3-2-4-6-13)18-14(19)12-7-9-17-10-8-12/h2-10H,11H2,1H3,(H,18,19). The van der Waals surface area contributed by atoms with Crippen LogP contribution in [-0.4, -0.2) is 16.8 Å². The minimum atomic E-state index is -0.594. The van der Waals surface area contributed by atoms with E-state index in [0.29, 0.717) is 11.4 Å². The summed E-state index contributed by atoms with van der Waals surface area (Å²) in [6.07, 6.45) is 3.19. The zero-order chi connectivity index (χ0) is 13.7. The van der Waals surface area contributed by atoms with E-state index >= 15 is 0 Å². The Labute approximate surface area is 117 Å². The first-order chi connectivity index (χ1) is 9.15. The second-order valence-electron chi connectivity index (χ2n) is 4.52. The highest BCUT2D eigenvalue weighted by molar-refractivity contribution is 6.19. The monoisotopic (exact) mass is 274 g/mol. The van der Waals surface area contributed by atoms with Gasteiger partial charge < -0.3 is 5.32 Å². The van der Waals surface area contributed by atoms with Crippen molar-refractivity contribution in [2.45, 2.75) is 12.5 Å². The van der Waals surface area contributed by atoms with E-state index in [2.05, 4.69) is 10.3 Å². The summed E-state index contributed by atoms with van der Waals surface area (Å²) in [7, 11) is 0. The van der Waals surface area contributed by atoms with Crippen molar-refractivity contribution in [1.82, 2.24) is 10.3 Å². The van der Waals surface area contributed by atoms with Crippen LogP contribution >= 0.6 is 11.6 Å². The highest BCUT2D eigenvalue weighted by atomic mass is 35.5. The molecule has 4 heteroatoms. The number of rotatable bonds is 4. The van der Waals surface area contributed by atoms with Gasteiger partial charge in [-0.25, -0.2) is 0 Å². The van der Waals surface area contributed by atoms with Crippen LogP contribution < -0.4 is 5.32 Å². The molecule has 0 bridgehead atoms. The Hall–Kier alpha value is -1.87. The summed E-state index contributed by atoms with van der Waals surface area (Å²) in [4.78, 5) is 16.1. The molecular formula is C15H15ClN2O. The molecule has 0 radical (unpaired) electrons. The van der Waals surface area contributed by atoms with Crippen LogP contribution in [0, 0.1) is 0 Å². The van der Waals surface area contributed by atoms with Gasteiger partial charge in [0.15, 0.2) is 0 Å². The fraction of sp³-hybridized carbons (Fsp3) is 0.200. The Morgan fingerprint density at radius 2 is 1.84 bits per heavy atom. The van der Waals surface area contributed by atoms with Gasteiger partial charge in [-0.2, -0.15) is 0 Å². The first kappa shape index (κ1) is 13.6. The zero-order valence-corrected chi connectivity index (χ0v) is 11.4. The number of hydrogen-bond donors (Lipinski definition) is 1. The molecule has 2 rings (SSSR count). The van der Waals surface area contributed by atoms with Crippen LogP contribution in [0.3, 0.4) is 0 Å². The third-order valence-corrected chi connectivity index (χ3v) is 3.54. The van der Waals surface area contributed by atoms with Crippen molar-refractivity contribution in [3.63, 3.8) is 0 Å². The number of carbonyl (C=O) groups excluding carboxylic acids is 1. The first-order valence-corrected chi connectivity index (χ1v) is 6.53. The van der Waals surface area contributed by atoms with Gasteiger partial charge in [-0.1, -0.05) is 30.3 Å². The van der Waals surface area contributed by atoms with E-state index in [4.69, 9.17) is 11.6 Å². The number of nitrogens with zero attached hydrogens (tertiary/aromatic N) is 1. The predicted molar refractivity (Wildman–Crippen MR) is 76.2 cm³/mol. The maximum atomic E-state index is 12.2. The molecule has 1 aromatic heterocycles. The van der Waals surface area contributed by atoms with Crippen molar-refractivity contribution >= 4 is 17.5 Å². The fourth-order valence-electron chi connectivity index (χ4n) is 1.81. The van der Waals surface area contributed by atoms with Crippen LogP contribution in [0.2, 0.25) is 0 Å². The van der Waals surface area contributed by atoms with Crippen molar-refractivity contribution < 1.29 is 4.79 Å². The summed E-state index contributed by atoms with van der Waals surface area (Å²) in [5.74, 6) is 0.141. The van der Waals surface area contributed by atoms with Gasteiger partial charge >= 0.3 is 0 Å². The molecule has 0 spiro atoms. The number of hydrogen-bond acceptors (Lipinski definition) is 2. The van der Waals surface area contributed by atoms with Crippen molar-refractivity contribution in [2.75, 3.05) is 5.88 Å². The van der Waals surface area contributed by atoms with Gasteiger partial charge in [0.2, 0.25) is 0 Å². The number of carbonyl (C=O) groups is 1. The number of halogens is 1. The smallest absolute Gasteiger partial charge is 0.252 e. The van der Waals surface area contributed by atoms with Crippen LogP contribution in [-0.2, 0) is 5.54 Å². The first-order valence-electron chi connectivity index (χ1n) is 6.00. The molecular weight excluding hydrogens is 260 g/mol. The topological polar surface area (TPSA) is 42.0 Å². The molecule has 0 aliphatic heterocycles. The molecule has 19 heavy (non-hydrogen) atoms. The lowest BCUT2D eigenvalue weighted by Crippen LogP contribution is -2.45. The van der Waals surface area contributed by atoms with Crippen molar-refractivity contribution in [3.05, 3.63) is 66.0 Å². The lowest BCUT2D eigenvalue weighted by molar-refractivity contribution is 0.0913. The summed E-state index contributed by atoms with van der Waals surface area (Å²) in [5, 5.41) is 2.98. The molecule has 98 valence electrons. The molecule has 1 amide bonds. The van der Waals surface area contributed by atoms with Crippen LogP contribution in [0.1, 0.15) is 22.8 Å². The average molecular weight is 275 g/mol. The summed E-state index contributed by atoms with van der Waals surface area (Å²) < 4.78 is 0. The maximum Gasteiger partial charge on any atom is 0.252 e. The van der Waals surface area contributed by atoms with Gasteiger partial charge in [-0.3, -0.25) is 9.78 Å². The lowest BCUT2D eigenvalue weighted by atomic mass is 9.93. The molecule has 0 fully saturated rings. The highest BCUT2D eigenvalue weighted by Crippen LogP contribution is 2.22. The highest BCUT2D eigenvalue weighted by Gasteiger charge is 2.27. The van der Waals surface area contributed by atoms with Gasteiger partial charge in [0.25, 0.3) is 5.91 Å². The van der Waals surface area contributed by atoms with Crippen LogP contribution in [0.5, 0.6) is 0 Å². The van der Waals surface area contributed by atoms with Crippen LogP contribution in [0.25, 0.3) is 0 Å². The Bertz CT molecular complexity index is 545. The molecule has 1 atom stereocenters. The number of aromatic nitrogens is 1. The quantitative estimate of drug-likeness (QED) is 0.871. The molecule has 1 heterocycles. The maximum absolute atomic E-state index is 12.2. The van der Waals surface area contributed by atoms with E-state index in [9.17, 15) is 4.79 Å². The molecule has 0 aliphatic rings. The minimum absolute atomic E-state index is 0.158. The minimum Gasteiger partial charge on any atom is -0.342 e. The van der Waals surface area contributed by atoms with E-state index in [0.717, 1.165) is 5.56 Å². The third-order valence-electron chi connectivity index (χ3n) is 3.01. The Balaban J connectivity index is 2.22. The van der Waals surface area contributed by atoms with Gasteiger partial charge in [0, 0.05) is 23.8 Å². The van der Waals surface area contributed by atoms with Gasteiger partial charge in [0.05, 0.1) is 5.54 Å². The summed E-state index contributed by atoms with van der Waals surface area (Å²) in [6.45, 7) is 1.91. The molecule has 1 aromatic carbocycles. The lowest BCUT2D eigenvalue weighted by Gasteiger charge is -2.29. The number of alkyl halides is 1. The predicted octanol–water partition coefficient (Wildman–Crippen LogP) is 2.97. The molecule has 0 saturated carbocycles. The molecule has 3 nitrogen and oxygen atoms in total. The molecule has 0 aliphatic carbocycles. The second-order valence-corrected chi connectivity index (χ2v) is 4.79. The Morgan fingerprint density at radius 3 is 2.42 bits per heavy atom. The summed E-state index contributed by atoms with van der Waals surface area (Å²) >= 11 is 6.05. The van der Waals surface area contributed by atoms with E-state index in [-0.39, 0.29) is 5.91 Å². The second kappa shape index (κ2) is 5.85. The van der Waals surface area contributed by atoms with E-state index in [1.807, 2.05) is 37.3 Å². The van der Waals surface area contributed by atoms with Crippen LogP contribution in [0.15, 0.2) is 54.9 Å². The van der Waals surface area contributed by atoms with Crippen molar-refractivity contribution in [3.8, 4) is 0 Å². The average Bonchev–Trinajstić information content (AvgIpc) is 2.49. The summed E-state index contributed by atoms with van der Waals surface area (Å²) in [5.41, 5.74) is 0.957. The molecule has 1 N–H and O–H groups in total. The van der Waals surface area contributed by atoms with Crippen molar-refractivity contribution in [1.29, 1.82) is 0 Å². The van der Waals surface area contributed by atoms with Gasteiger partial charge in [-0.15, -0.1) is 11.6 Å². The fourth-order valence-corrected chi connectivity index (χ4v) is 2.04. The molecule has 1 unspecified atom stereocenters. The van der Waals surface area contributed by atoms with E-state index in [1.165, 1.54) is 0 Å². The molecule has 0 saturated heterocycles. The van der Waals surface area contributed by atoms with Gasteiger partial charge in [0.1, 0.15) is 0 Å². The molecule has 2 aromatic rings. The van der Waals surface area contributed by atoms with E-state index < -0.39 is 5.54 Å². The number of amides is 1. The number of pyridine rings is 1. The number of benzene rings is 1. The Kier molecular flexibility index (Phi) is 4.17. The number of nitrogens with one attached hydrogen (secondary N) is 1. The third kappa shape index (κ3) is 3.12. The SMILES string of the molecule is CC(CCl)(NC(=O)c1ccncc1)c1ccccc1. The van der Waals surface area contributed by atoms with Gasteiger partial charge in [-0.05, 0) is 24.6 Å². The van der Waals surface area contributed by atoms with Crippen LogP contribution in [0.4, 0.5) is 0 Å². The van der Waals surface area contributed by atoms with E-state index in [1.54, 1.807) is 24.5 Å². The summed E-state index contributed by atoms with van der Waals surface area (Å²) in [6, 6.07) is 13.1. The van der Waals surface area contributed by atoms with Crippen molar-refractivity contribution in [2.24, 2.45) is 0 Å². The Morgan fingerprint density at radius 1 is 1.21 bits per heavy atom.